The van der Waals surface area contributed by atoms with E-state index in [9.17, 15) is 0 Å². The van der Waals surface area contributed by atoms with E-state index >= 15 is 0 Å². The molecule has 2 aromatic carbocycles. The number of nitrogens with two attached hydrogens (primary N) is 1. The fourth-order valence-electron chi connectivity index (χ4n) is 2.37. The zero-order chi connectivity index (χ0) is 17.1. The Morgan fingerprint density at radius 3 is 2.46 bits per heavy atom. The van der Waals surface area contributed by atoms with Crippen molar-refractivity contribution in [3.63, 3.8) is 0 Å². The van der Waals surface area contributed by atoms with Crippen LogP contribution < -0.4 is 11.1 Å². The zero-order valence-electron chi connectivity index (χ0n) is 12.9. The van der Waals surface area contributed by atoms with Crippen LogP contribution in [0.2, 0.25) is 5.02 Å². The van der Waals surface area contributed by atoms with E-state index in [4.69, 9.17) is 22.6 Å². The standard InChI is InChI=1S/C18H14ClN5/c1-11-6-17(24-18(21)22-11)23-16-8-14(7-15(19)9-16)13-4-2-12(10-20)3-5-13/h2-9H,1H3,(H3,21,22,23,24). The number of rotatable bonds is 3. The molecule has 118 valence electrons. The van der Waals surface area contributed by atoms with Gasteiger partial charge in [-0.25, -0.2) is 4.98 Å². The molecule has 0 aliphatic rings. The number of nitrogens with one attached hydrogen (secondary N) is 1. The van der Waals surface area contributed by atoms with Crippen LogP contribution in [0.5, 0.6) is 0 Å². The summed E-state index contributed by atoms with van der Waals surface area (Å²) in [4.78, 5) is 8.21. The summed E-state index contributed by atoms with van der Waals surface area (Å²) in [6, 6.07) is 16.9. The Hall–Kier alpha value is -3.10. The van der Waals surface area contributed by atoms with Crippen LogP contribution in [-0.4, -0.2) is 9.97 Å². The van der Waals surface area contributed by atoms with Gasteiger partial charge >= 0.3 is 0 Å². The van der Waals surface area contributed by atoms with E-state index in [-0.39, 0.29) is 5.95 Å². The molecule has 0 aliphatic carbocycles. The van der Waals surface area contributed by atoms with Gasteiger partial charge in [0.2, 0.25) is 5.95 Å². The molecule has 0 fully saturated rings. The van der Waals surface area contributed by atoms with Gasteiger partial charge in [-0.3, -0.25) is 0 Å². The Labute approximate surface area is 144 Å². The van der Waals surface area contributed by atoms with Gasteiger partial charge in [0.05, 0.1) is 11.6 Å². The molecule has 0 bridgehead atoms. The fraction of sp³-hybridized carbons (Fsp3) is 0.0556. The van der Waals surface area contributed by atoms with Crippen molar-refractivity contribution >= 4 is 29.1 Å². The van der Waals surface area contributed by atoms with E-state index in [1.807, 2.05) is 37.3 Å². The van der Waals surface area contributed by atoms with Crippen LogP contribution in [0.3, 0.4) is 0 Å². The van der Waals surface area contributed by atoms with Crippen molar-refractivity contribution in [3.8, 4) is 17.2 Å². The number of nitrogen functional groups attached to an aromatic ring is 1. The second-order valence-electron chi connectivity index (χ2n) is 5.30. The first-order valence-electron chi connectivity index (χ1n) is 7.23. The third-order valence-corrected chi connectivity index (χ3v) is 3.61. The number of anilines is 3. The fourth-order valence-corrected chi connectivity index (χ4v) is 2.60. The van der Waals surface area contributed by atoms with Gasteiger partial charge in [0.1, 0.15) is 5.82 Å². The first-order valence-corrected chi connectivity index (χ1v) is 7.60. The monoisotopic (exact) mass is 335 g/mol. The number of benzene rings is 2. The molecule has 3 N–H and O–H groups in total. The summed E-state index contributed by atoms with van der Waals surface area (Å²) in [6.07, 6.45) is 0. The maximum Gasteiger partial charge on any atom is 0.222 e. The maximum atomic E-state index is 8.89. The van der Waals surface area contributed by atoms with E-state index < -0.39 is 0 Å². The van der Waals surface area contributed by atoms with Gasteiger partial charge in [0.15, 0.2) is 0 Å². The lowest BCUT2D eigenvalue weighted by Gasteiger charge is -2.10. The van der Waals surface area contributed by atoms with Crippen LogP contribution in [0, 0.1) is 18.3 Å². The lowest BCUT2D eigenvalue weighted by molar-refractivity contribution is 1.12. The molecule has 0 saturated carbocycles. The molecule has 0 spiro atoms. The van der Waals surface area contributed by atoms with Gasteiger partial charge in [-0.2, -0.15) is 10.2 Å². The van der Waals surface area contributed by atoms with Crippen molar-refractivity contribution in [2.75, 3.05) is 11.1 Å². The van der Waals surface area contributed by atoms with Gasteiger partial charge in [-0.05, 0) is 48.4 Å². The quantitative estimate of drug-likeness (QED) is 0.745. The van der Waals surface area contributed by atoms with Gasteiger partial charge in [-0.15, -0.1) is 0 Å². The summed E-state index contributed by atoms with van der Waals surface area (Å²) >= 11 is 6.24. The van der Waals surface area contributed by atoms with Crippen molar-refractivity contribution in [3.05, 3.63) is 64.8 Å². The molecule has 0 aliphatic heterocycles. The van der Waals surface area contributed by atoms with E-state index in [2.05, 4.69) is 21.4 Å². The largest absolute Gasteiger partial charge is 0.368 e. The molecule has 6 heteroatoms. The Balaban J connectivity index is 1.95. The van der Waals surface area contributed by atoms with Gasteiger partial charge in [0, 0.05) is 22.5 Å². The van der Waals surface area contributed by atoms with Crippen molar-refractivity contribution < 1.29 is 0 Å². The Morgan fingerprint density at radius 2 is 1.79 bits per heavy atom. The Morgan fingerprint density at radius 1 is 1.04 bits per heavy atom. The second kappa shape index (κ2) is 6.57. The van der Waals surface area contributed by atoms with Crippen LogP contribution in [0.15, 0.2) is 48.5 Å². The van der Waals surface area contributed by atoms with Gasteiger partial charge in [-0.1, -0.05) is 23.7 Å². The number of hydrogen-bond acceptors (Lipinski definition) is 5. The summed E-state index contributed by atoms with van der Waals surface area (Å²) in [5.41, 5.74) is 9.77. The first kappa shape index (κ1) is 15.8. The minimum absolute atomic E-state index is 0.215. The zero-order valence-corrected chi connectivity index (χ0v) is 13.7. The highest BCUT2D eigenvalue weighted by atomic mass is 35.5. The third-order valence-electron chi connectivity index (χ3n) is 3.39. The van der Waals surface area contributed by atoms with Crippen molar-refractivity contribution in [1.29, 1.82) is 5.26 Å². The lowest BCUT2D eigenvalue weighted by atomic mass is 10.0. The molecule has 0 saturated heterocycles. The normalized spacial score (nSPS) is 10.2. The van der Waals surface area contributed by atoms with E-state index in [1.165, 1.54) is 0 Å². The minimum Gasteiger partial charge on any atom is -0.368 e. The highest BCUT2D eigenvalue weighted by Crippen LogP contribution is 2.29. The number of hydrogen-bond donors (Lipinski definition) is 2. The SMILES string of the molecule is Cc1cc(Nc2cc(Cl)cc(-c3ccc(C#N)cc3)c2)nc(N)n1. The summed E-state index contributed by atoms with van der Waals surface area (Å²) in [5, 5.41) is 12.7. The van der Waals surface area contributed by atoms with Crippen molar-refractivity contribution in [2.45, 2.75) is 6.92 Å². The topological polar surface area (TPSA) is 87.6 Å². The highest BCUT2D eigenvalue weighted by molar-refractivity contribution is 6.31. The predicted molar refractivity (Wildman–Crippen MR) is 96.1 cm³/mol. The Kier molecular flexibility index (Phi) is 4.32. The average molecular weight is 336 g/mol. The third kappa shape index (κ3) is 3.62. The molecule has 1 heterocycles. The van der Waals surface area contributed by atoms with Crippen LogP contribution in [0.25, 0.3) is 11.1 Å². The van der Waals surface area contributed by atoms with Crippen LogP contribution >= 0.6 is 11.6 Å². The number of aryl methyl sites for hydroxylation is 1. The second-order valence-corrected chi connectivity index (χ2v) is 5.73. The van der Waals surface area contributed by atoms with Gasteiger partial charge < -0.3 is 11.1 Å². The van der Waals surface area contributed by atoms with E-state index in [0.29, 0.717) is 16.4 Å². The summed E-state index contributed by atoms with van der Waals surface area (Å²) < 4.78 is 0. The molecule has 0 unspecified atom stereocenters. The molecule has 3 rings (SSSR count). The molecule has 0 radical (unpaired) electrons. The highest BCUT2D eigenvalue weighted by Gasteiger charge is 2.05. The smallest absolute Gasteiger partial charge is 0.222 e. The van der Waals surface area contributed by atoms with Crippen LogP contribution in [0.4, 0.5) is 17.5 Å². The number of halogens is 1. The molecule has 3 aromatic rings. The predicted octanol–water partition coefficient (Wildman–Crippen LogP) is 4.30. The van der Waals surface area contributed by atoms with Gasteiger partial charge in [0.25, 0.3) is 0 Å². The number of nitrogens with zero attached hydrogens (tertiary/aromatic N) is 3. The van der Waals surface area contributed by atoms with E-state index in [0.717, 1.165) is 22.5 Å². The summed E-state index contributed by atoms with van der Waals surface area (Å²) in [5.74, 6) is 0.819. The van der Waals surface area contributed by atoms with Crippen LogP contribution in [-0.2, 0) is 0 Å². The summed E-state index contributed by atoms with van der Waals surface area (Å²) in [6.45, 7) is 1.85. The Bertz CT molecular complexity index is 909. The molecular formula is C18H14ClN5. The van der Waals surface area contributed by atoms with Crippen molar-refractivity contribution in [1.82, 2.24) is 9.97 Å². The number of nitriles is 1. The maximum absolute atomic E-state index is 8.89. The molecular weight excluding hydrogens is 322 g/mol. The lowest BCUT2D eigenvalue weighted by Crippen LogP contribution is -2.01. The van der Waals surface area contributed by atoms with Crippen LogP contribution in [0.1, 0.15) is 11.3 Å². The van der Waals surface area contributed by atoms with Crippen molar-refractivity contribution in [2.24, 2.45) is 0 Å². The molecule has 0 amide bonds. The summed E-state index contributed by atoms with van der Waals surface area (Å²) in [7, 11) is 0. The molecule has 5 nitrogen and oxygen atoms in total. The average Bonchev–Trinajstić information content (AvgIpc) is 2.53. The number of aromatic nitrogens is 2. The molecule has 24 heavy (non-hydrogen) atoms. The molecule has 1 aromatic heterocycles. The van der Waals surface area contributed by atoms with E-state index in [1.54, 1.807) is 18.2 Å². The first-order chi connectivity index (χ1) is 11.5. The molecule has 0 atom stereocenters. The minimum atomic E-state index is 0.215.